The van der Waals surface area contributed by atoms with E-state index < -0.39 is 0 Å². The zero-order valence-electron chi connectivity index (χ0n) is 31.0. The number of hydrogen-bond donors (Lipinski definition) is 0. The number of rotatable bonds is 7. The number of hydrogen-bond acceptors (Lipinski definition) is 3. The molecule has 0 amide bonds. The van der Waals surface area contributed by atoms with Crippen LogP contribution in [0.25, 0.3) is 83.1 Å². The lowest BCUT2D eigenvalue weighted by Crippen LogP contribution is -2.11. The van der Waals surface area contributed by atoms with Gasteiger partial charge in [0.15, 0.2) is 5.58 Å². The lowest BCUT2D eigenvalue weighted by molar-refractivity contribution is 0.623. The highest BCUT2D eigenvalue weighted by molar-refractivity contribution is 6.11. The van der Waals surface area contributed by atoms with Crippen molar-refractivity contribution in [3.8, 4) is 39.4 Å². The molecule has 0 aliphatic carbocycles. The van der Waals surface area contributed by atoms with E-state index >= 15 is 0 Å². The van der Waals surface area contributed by atoms with Crippen molar-refractivity contribution in [1.29, 1.82) is 0 Å². The van der Waals surface area contributed by atoms with Crippen LogP contribution >= 0.6 is 0 Å². The second kappa shape index (κ2) is 13.6. The first-order valence-electron chi connectivity index (χ1n) is 19.3. The Morgan fingerprint density at radius 2 is 1.05 bits per heavy atom. The fourth-order valence-electron chi connectivity index (χ4n) is 8.30. The second-order valence-electron chi connectivity index (χ2n) is 14.4. The highest BCUT2D eigenvalue weighted by Crippen LogP contribution is 2.44. The summed E-state index contributed by atoms with van der Waals surface area (Å²) in [6.45, 7) is 0. The van der Waals surface area contributed by atoms with E-state index in [1.54, 1.807) is 0 Å². The Morgan fingerprint density at radius 3 is 1.86 bits per heavy atom. The fourth-order valence-corrected chi connectivity index (χ4v) is 8.30. The Labute approximate surface area is 330 Å². The van der Waals surface area contributed by atoms with Gasteiger partial charge in [-0.3, -0.25) is 0 Å². The van der Waals surface area contributed by atoms with Gasteiger partial charge in [-0.1, -0.05) is 140 Å². The zero-order chi connectivity index (χ0) is 37.7. The van der Waals surface area contributed by atoms with Gasteiger partial charge in [-0.05, 0) is 94.9 Å². The first kappa shape index (κ1) is 32.7. The van der Waals surface area contributed by atoms with Crippen LogP contribution in [0.5, 0.6) is 0 Å². The smallest absolute Gasteiger partial charge is 0.227 e. The molecular formula is C53H35N3O. The summed E-state index contributed by atoms with van der Waals surface area (Å²) in [5.41, 5.74) is 13.9. The highest BCUT2D eigenvalue weighted by Gasteiger charge is 2.20. The first-order valence-corrected chi connectivity index (χ1v) is 19.3. The number of para-hydroxylation sites is 3. The Balaban J connectivity index is 1.06. The Bertz CT molecular complexity index is 3220. The molecule has 0 aliphatic rings. The van der Waals surface area contributed by atoms with Crippen LogP contribution in [0.4, 0.5) is 17.1 Å². The van der Waals surface area contributed by atoms with Crippen molar-refractivity contribution >= 4 is 60.7 Å². The molecular weight excluding hydrogens is 695 g/mol. The number of oxazole rings is 1. The normalized spacial score (nSPS) is 11.5. The van der Waals surface area contributed by atoms with Crippen LogP contribution in [-0.4, -0.2) is 9.55 Å². The van der Waals surface area contributed by atoms with Gasteiger partial charge in [-0.15, -0.1) is 0 Å². The van der Waals surface area contributed by atoms with E-state index in [0.29, 0.717) is 5.89 Å². The van der Waals surface area contributed by atoms with Crippen LogP contribution in [0.2, 0.25) is 0 Å². The molecule has 4 heteroatoms. The predicted molar refractivity (Wildman–Crippen MR) is 237 cm³/mol. The summed E-state index contributed by atoms with van der Waals surface area (Å²) in [6.07, 6.45) is 0. The third-order valence-electron chi connectivity index (χ3n) is 11.0. The maximum Gasteiger partial charge on any atom is 0.227 e. The number of nitrogens with zero attached hydrogens (tertiary/aromatic N) is 3. The minimum absolute atomic E-state index is 0.631. The maximum atomic E-state index is 6.42. The van der Waals surface area contributed by atoms with Crippen LogP contribution in [0, 0.1) is 0 Å². The van der Waals surface area contributed by atoms with E-state index in [-0.39, 0.29) is 0 Å². The third-order valence-corrected chi connectivity index (χ3v) is 11.0. The molecule has 0 spiro atoms. The van der Waals surface area contributed by atoms with Gasteiger partial charge in [-0.2, -0.15) is 0 Å². The standard InChI is InChI=1S/C53H35N3O/c1-4-14-37(15-5-1)44-20-10-12-22-49(44)55(43-31-32-46-45-21-11-13-23-50(45)56(51(46)35-43)41-18-8-3-9-19-41)42-29-26-36(27-30-42)40-25-24-38-28-33-48-52(47(38)34-40)57-53(54-48)39-16-6-2-7-17-39/h1-35H. The zero-order valence-corrected chi connectivity index (χ0v) is 31.0. The monoisotopic (exact) mass is 729 g/mol. The minimum Gasteiger partial charge on any atom is -0.435 e. The molecule has 0 unspecified atom stereocenters. The van der Waals surface area contributed by atoms with Crippen molar-refractivity contribution in [2.24, 2.45) is 0 Å². The molecule has 0 fully saturated rings. The molecule has 2 heterocycles. The Morgan fingerprint density at radius 1 is 0.421 bits per heavy atom. The largest absolute Gasteiger partial charge is 0.435 e. The van der Waals surface area contributed by atoms with Crippen LogP contribution in [0.3, 0.4) is 0 Å². The molecule has 0 bridgehead atoms. The first-order chi connectivity index (χ1) is 28.3. The van der Waals surface area contributed by atoms with Gasteiger partial charge in [-0.25, -0.2) is 4.98 Å². The quantitative estimate of drug-likeness (QED) is 0.164. The lowest BCUT2D eigenvalue weighted by atomic mass is 9.99. The second-order valence-corrected chi connectivity index (χ2v) is 14.4. The molecule has 0 saturated heterocycles. The molecule has 0 saturated carbocycles. The van der Waals surface area contributed by atoms with E-state index in [0.717, 1.165) is 72.4 Å². The van der Waals surface area contributed by atoms with Crippen molar-refractivity contribution in [1.82, 2.24) is 9.55 Å². The summed E-state index contributed by atoms with van der Waals surface area (Å²) in [7, 11) is 0. The molecule has 57 heavy (non-hydrogen) atoms. The molecule has 9 aromatic carbocycles. The molecule has 11 rings (SSSR count). The minimum atomic E-state index is 0.631. The average Bonchev–Trinajstić information content (AvgIpc) is 3.88. The molecule has 0 N–H and O–H groups in total. The molecule has 0 radical (unpaired) electrons. The molecule has 2 aromatic heterocycles. The summed E-state index contributed by atoms with van der Waals surface area (Å²) in [5.74, 6) is 0.631. The lowest BCUT2D eigenvalue weighted by Gasteiger charge is -2.28. The molecule has 11 aromatic rings. The molecule has 0 atom stereocenters. The van der Waals surface area contributed by atoms with Crippen LogP contribution in [-0.2, 0) is 0 Å². The summed E-state index contributed by atoms with van der Waals surface area (Å²) >= 11 is 0. The summed E-state index contributed by atoms with van der Waals surface area (Å²) in [4.78, 5) is 7.22. The third kappa shape index (κ3) is 5.66. The van der Waals surface area contributed by atoms with Crippen molar-refractivity contribution in [2.45, 2.75) is 0 Å². The van der Waals surface area contributed by atoms with Crippen LogP contribution in [0.1, 0.15) is 0 Å². The summed E-state index contributed by atoms with van der Waals surface area (Å²) in [6, 6.07) is 75.3. The fraction of sp³-hybridized carbons (Fsp3) is 0. The molecule has 0 aliphatic heterocycles. The van der Waals surface area contributed by atoms with E-state index in [9.17, 15) is 0 Å². The SMILES string of the molecule is c1ccc(-c2nc3ccc4ccc(-c5ccc(N(c6ccc7c8ccccc8n(-c8ccccc8)c7c6)c6ccccc6-c6ccccc6)cc5)cc4c3o2)cc1. The van der Waals surface area contributed by atoms with Crippen LogP contribution < -0.4 is 4.90 Å². The van der Waals surface area contributed by atoms with Gasteiger partial charge in [0, 0.05) is 44.3 Å². The topological polar surface area (TPSA) is 34.2 Å². The number of fused-ring (bicyclic) bond motifs is 6. The summed E-state index contributed by atoms with van der Waals surface area (Å²) < 4.78 is 8.80. The Hall–Kier alpha value is -7.69. The average molecular weight is 730 g/mol. The van der Waals surface area contributed by atoms with E-state index in [1.807, 2.05) is 36.4 Å². The van der Waals surface area contributed by atoms with Crippen molar-refractivity contribution in [2.75, 3.05) is 4.90 Å². The van der Waals surface area contributed by atoms with Gasteiger partial charge in [0.05, 0.1) is 16.7 Å². The van der Waals surface area contributed by atoms with Crippen molar-refractivity contribution < 1.29 is 4.42 Å². The van der Waals surface area contributed by atoms with Crippen LogP contribution in [0.15, 0.2) is 217 Å². The number of aromatic nitrogens is 2. The number of benzene rings is 9. The predicted octanol–water partition coefficient (Wildman–Crippen LogP) is 14.5. The van der Waals surface area contributed by atoms with Gasteiger partial charge >= 0.3 is 0 Å². The van der Waals surface area contributed by atoms with Gasteiger partial charge in [0.2, 0.25) is 5.89 Å². The summed E-state index contributed by atoms with van der Waals surface area (Å²) in [5, 5.41) is 4.62. The van der Waals surface area contributed by atoms with E-state index in [1.165, 1.54) is 21.9 Å². The van der Waals surface area contributed by atoms with Crippen molar-refractivity contribution in [3.63, 3.8) is 0 Å². The molecule has 4 nitrogen and oxygen atoms in total. The van der Waals surface area contributed by atoms with Gasteiger partial charge in [0.25, 0.3) is 0 Å². The molecule has 268 valence electrons. The van der Waals surface area contributed by atoms with Gasteiger partial charge < -0.3 is 13.9 Å². The highest BCUT2D eigenvalue weighted by atomic mass is 16.3. The number of anilines is 3. The van der Waals surface area contributed by atoms with E-state index in [2.05, 4.69) is 185 Å². The van der Waals surface area contributed by atoms with E-state index in [4.69, 9.17) is 9.40 Å². The Kier molecular flexibility index (Phi) is 7.78. The maximum absolute atomic E-state index is 6.42. The van der Waals surface area contributed by atoms with Crippen molar-refractivity contribution in [3.05, 3.63) is 212 Å². The van der Waals surface area contributed by atoms with Gasteiger partial charge in [0.1, 0.15) is 5.52 Å².